The van der Waals surface area contributed by atoms with Crippen molar-refractivity contribution >= 4 is 11.6 Å². The van der Waals surface area contributed by atoms with Gasteiger partial charge in [0, 0.05) is 63.0 Å². The van der Waals surface area contributed by atoms with Crippen molar-refractivity contribution in [3.63, 3.8) is 0 Å². The van der Waals surface area contributed by atoms with Gasteiger partial charge in [-0.05, 0) is 30.0 Å². The topological polar surface area (TPSA) is 67.4 Å². The number of nitrogens with one attached hydrogen (secondary N) is 2. The molecule has 166 valence electrons. The molecule has 7 nitrogen and oxygen atoms in total. The molecule has 2 heterocycles. The van der Waals surface area contributed by atoms with Crippen molar-refractivity contribution < 1.29 is 14.2 Å². The Morgan fingerprint density at radius 1 is 1.16 bits per heavy atom. The van der Waals surface area contributed by atoms with Crippen LogP contribution in [-0.4, -0.2) is 59.5 Å². The number of anilines is 1. The highest BCUT2D eigenvalue weighted by Crippen LogP contribution is 2.30. The van der Waals surface area contributed by atoms with Gasteiger partial charge in [0.15, 0.2) is 5.96 Å². The Labute approximate surface area is 184 Å². The summed E-state index contributed by atoms with van der Waals surface area (Å²) < 4.78 is 16.4. The first-order valence-corrected chi connectivity index (χ1v) is 10.9. The molecule has 0 aliphatic carbocycles. The van der Waals surface area contributed by atoms with E-state index >= 15 is 0 Å². The monoisotopic (exact) mass is 424 g/mol. The van der Waals surface area contributed by atoms with Crippen molar-refractivity contribution in [3.05, 3.63) is 47.5 Å². The van der Waals surface area contributed by atoms with Gasteiger partial charge in [-0.1, -0.05) is 12.1 Å². The maximum absolute atomic E-state index is 5.59. The predicted molar refractivity (Wildman–Crippen MR) is 124 cm³/mol. The highest BCUT2D eigenvalue weighted by Gasteiger charge is 2.24. The molecule has 1 saturated heterocycles. The number of fused-ring (bicyclic) bond motifs is 1. The third kappa shape index (κ3) is 5.16. The van der Waals surface area contributed by atoms with Gasteiger partial charge in [-0.15, -0.1) is 0 Å². The molecule has 0 radical (unpaired) electrons. The summed E-state index contributed by atoms with van der Waals surface area (Å²) in [5, 5.41) is 7.02. The summed E-state index contributed by atoms with van der Waals surface area (Å²) in [5.41, 5.74) is 3.76. The van der Waals surface area contributed by atoms with Crippen LogP contribution in [0.3, 0.4) is 0 Å². The van der Waals surface area contributed by atoms with Crippen LogP contribution in [0, 0.1) is 0 Å². The van der Waals surface area contributed by atoms with Gasteiger partial charge in [-0.25, -0.2) is 0 Å². The van der Waals surface area contributed by atoms with Crippen LogP contribution >= 0.6 is 0 Å². The summed E-state index contributed by atoms with van der Waals surface area (Å²) in [6, 6.07) is 12.8. The van der Waals surface area contributed by atoms with Crippen molar-refractivity contribution in [3.8, 4) is 17.2 Å². The first kappa shape index (κ1) is 21.2. The van der Waals surface area contributed by atoms with E-state index in [0.717, 1.165) is 74.4 Å². The fraction of sp³-hybridized carbons (Fsp3) is 0.458. The predicted octanol–water partition coefficient (Wildman–Crippen LogP) is 2.63. The number of rotatable bonds is 7. The fourth-order valence-corrected chi connectivity index (χ4v) is 4.20. The van der Waals surface area contributed by atoms with Crippen molar-refractivity contribution in [2.45, 2.75) is 25.3 Å². The van der Waals surface area contributed by atoms with Crippen LogP contribution in [0.25, 0.3) is 0 Å². The van der Waals surface area contributed by atoms with Crippen LogP contribution in [0.4, 0.5) is 5.69 Å². The van der Waals surface area contributed by atoms with Crippen LogP contribution in [-0.2, 0) is 12.8 Å². The molecule has 2 N–H and O–H groups in total. The van der Waals surface area contributed by atoms with Gasteiger partial charge >= 0.3 is 0 Å². The average molecular weight is 425 g/mol. The molecule has 0 amide bonds. The van der Waals surface area contributed by atoms with Crippen LogP contribution in [0.1, 0.15) is 17.5 Å². The van der Waals surface area contributed by atoms with Crippen LogP contribution < -0.4 is 29.7 Å². The van der Waals surface area contributed by atoms with Crippen LogP contribution in [0.5, 0.6) is 17.2 Å². The molecule has 1 atom stereocenters. The number of aliphatic imine (C=N–C) groups is 1. The molecule has 7 heteroatoms. The lowest BCUT2D eigenvalue weighted by Crippen LogP contribution is -2.45. The standard InChI is InChI=1S/C24H32N4O3/c1-25-24(26-9-6-17-4-5-23-18(12-17)8-11-31-23)27-19-7-10-28(16-19)20-13-21(29-2)15-22(14-20)30-3/h4-5,12-15,19H,6-11,16H2,1-3H3,(H2,25,26,27). The number of hydrogen-bond donors (Lipinski definition) is 2. The SMILES string of the molecule is CN=C(NCCc1ccc2c(c1)CCO2)NC1CCN(c2cc(OC)cc(OC)c2)C1. The third-order valence-corrected chi connectivity index (χ3v) is 5.91. The summed E-state index contributed by atoms with van der Waals surface area (Å²) in [5.74, 6) is 3.50. The van der Waals surface area contributed by atoms with Gasteiger partial charge in [-0.3, -0.25) is 4.99 Å². The normalized spacial score (nSPS) is 17.8. The van der Waals surface area contributed by atoms with Gasteiger partial charge in [0.1, 0.15) is 17.2 Å². The maximum Gasteiger partial charge on any atom is 0.191 e. The van der Waals surface area contributed by atoms with Gasteiger partial charge in [0.25, 0.3) is 0 Å². The van der Waals surface area contributed by atoms with Crippen molar-refractivity contribution in [1.82, 2.24) is 10.6 Å². The van der Waals surface area contributed by atoms with Crippen molar-refractivity contribution in [1.29, 1.82) is 0 Å². The molecule has 1 unspecified atom stereocenters. The zero-order valence-corrected chi connectivity index (χ0v) is 18.6. The van der Waals surface area contributed by atoms with Crippen LogP contribution in [0.15, 0.2) is 41.4 Å². The van der Waals surface area contributed by atoms with Crippen molar-refractivity contribution in [2.75, 3.05) is 52.4 Å². The first-order valence-electron chi connectivity index (χ1n) is 10.9. The Bertz CT molecular complexity index is 909. The molecule has 0 spiro atoms. The van der Waals surface area contributed by atoms with E-state index < -0.39 is 0 Å². The van der Waals surface area contributed by atoms with Gasteiger partial charge in [0.05, 0.1) is 20.8 Å². The highest BCUT2D eigenvalue weighted by molar-refractivity contribution is 5.80. The Hall–Kier alpha value is -3.09. The summed E-state index contributed by atoms with van der Waals surface area (Å²) in [6.45, 7) is 3.52. The van der Waals surface area contributed by atoms with Gasteiger partial charge in [-0.2, -0.15) is 0 Å². The number of nitrogens with zero attached hydrogens (tertiary/aromatic N) is 2. The maximum atomic E-state index is 5.59. The second kappa shape index (κ2) is 9.81. The number of benzene rings is 2. The average Bonchev–Trinajstić information content (AvgIpc) is 3.47. The van der Waals surface area contributed by atoms with Crippen LogP contribution in [0.2, 0.25) is 0 Å². The minimum Gasteiger partial charge on any atom is -0.497 e. The Morgan fingerprint density at radius 3 is 2.71 bits per heavy atom. The van der Waals surface area contributed by atoms with E-state index in [1.165, 1.54) is 11.1 Å². The largest absolute Gasteiger partial charge is 0.497 e. The number of guanidine groups is 1. The number of ether oxygens (including phenoxy) is 3. The minimum atomic E-state index is 0.334. The minimum absolute atomic E-state index is 0.334. The lowest BCUT2D eigenvalue weighted by atomic mass is 10.1. The van der Waals surface area contributed by atoms with E-state index in [1.54, 1.807) is 14.2 Å². The Balaban J connectivity index is 1.28. The van der Waals surface area contributed by atoms with Gasteiger partial charge < -0.3 is 29.7 Å². The number of methoxy groups -OCH3 is 2. The molecular formula is C24H32N4O3. The van der Waals surface area contributed by atoms with E-state index in [-0.39, 0.29) is 0 Å². The van der Waals surface area contributed by atoms with Crippen molar-refractivity contribution in [2.24, 2.45) is 4.99 Å². The first-order chi connectivity index (χ1) is 15.2. The molecule has 2 aliphatic rings. The second-order valence-corrected chi connectivity index (χ2v) is 7.94. The van der Waals surface area contributed by atoms with E-state index in [0.29, 0.717) is 6.04 Å². The molecular weight excluding hydrogens is 392 g/mol. The highest BCUT2D eigenvalue weighted by atomic mass is 16.5. The summed E-state index contributed by atoms with van der Waals surface area (Å²) >= 11 is 0. The van der Waals surface area contributed by atoms with Gasteiger partial charge in [0.2, 0.25) is 0 Å². The molecule has 2 aromatic carbocycles. The summed E-state index contributed by atoms with van der Waals surface area (Å²) in [4.78, 5) is 6.76. The second-order valence-electron chi connectivity index (χ2n) is 7.94. The molecule has 0 saturated carbocycles. The summed E-state index contributed by atoms with van der Waals surface area (Å²) in [7, 11) is 5.18. The van der Waals surface area contributed by atoms with E-state index in [4.69, 9.17) is 14.2 Å². The number of hydrogen-bond acceptors (Lipinski definition) is 5. The summed E-state index contributed by atoms with van der Waals surface area (Å²) in [6.07, 6.45) is 3.01. The third-order valence-electron chi connectivity index (χ3n) is 5.91. The lowest BCUT2D eigenvalue weighted by molar-refractivity contribution is 0.357. The van der Waals surface area contributed by atoms with E-state index in [1.807, 2.05) is 13.1 Å². The molecule has 1 fully saturated rings. The smallest absolute Gasteiger partial charge is 0.191 e. The molecule has 2 aliphatic heterocycles. The zero-order valence-electron chi connectivity index (χ0n) is 18.6. The Morgan fingerprint density at radius 2 is 1.97 bits per heavy atom. The van der Waals surface area contributed by atoms with E-state index in [9.17, 15) is 0 Å². The molecule has 31 heavy (non-hydrogen) atoms. The molecule has 0 bridgehead atoms. The molecule has 4 rings (SSSR count). The fourth-order valence-electron chi connectivity index (χ4n) is 4.20. The molecule has 0 aromatic heterocycles. The lowest BCUT2D eigenvalue weighted by Gasteiger charge is -2.21. The zero-order chi connectivity index (χ0) is 21.6. The Kier molecular flexibility index (Phi) is 6.70. The quantitative estimate of drug-likeness (QED) is 0.526. The molecule has 2 aromatic rings. The van der Waals surface area contributed by atoms with E-state index in [2.05, 4.69) is 50.9 Å².